The van der Waals surface area contributed by atoms with Gasteiger partial charge in [-0.25, -0.2) is 4.68 Å². The summed E-state index contributed by atoms with van der Waals surface area (Å²) in [5.41, 5.74) is 0. The van der Waals surface area contributed by atoms with Crippen molar-refractivity contribution in [2.75, 3.05) is 18.4 Å². The molecule has 7 nitrogen and oxygen atoms in total. The van der Waals surface area contributed by atoms with Gasteiger partial charge < -0.3 is 10.2 Å². The summed E-state index contributed by atoms with van der Waals surface area (Å²) in [6.07, 6.45) is 6.87. The Labute approximate surface area is 117 Å². The topological polar surface area (TPSA) is 80.1 Å². The lowest BCUT2D eigenvalue weighted by atomic mass is 10.1. The number of piperidine rings is 1. The van der Waals surface area contributed by atoms with Crippen LogP contribution in [0.2, 0.25) is 0 Å². The Hall–Kier alpha value is -1.92. The molecule has 2 fully saturated rings. The van der Waals surface area contributed by atoms with Gasteiger partial charge in [-0.05, 0) is 32.1 Å². The van der Waals surface area contributed by atoms with Crippen molar-refractivity contribution in [2.45, 2.75) is 38.6 Å². The minimum atomic E-state index is -0.000549. The molecule has 0 atom stereocenters. The van der Waals surface area contributed by atoms with Gasteiger partial charge in [-0.1, -0.05) is 5.21 Å². The number of rotatable bonds is 4. The van der Waals surface area contributed by atoms with Crippen LogP contribution in [0, 0.1) is 5.92 Å². The lowest BCUT2D eigenvalue weighted by Gasteiger charge is -2.26. The number of carbonyl (C=O) groups is 2. The molecular formula is C13H19N5O2. The first-order chi connectivity index (χ1) is 9.72. The van der Waals surface area contributed by atoms with Gasteiger partial charge in [0.2, 0.25) is 11.8 Å². The van der Waals surface area contributed by atoms with Gasteiger partial charge in [-0.2, -0.15) is 0 Å². The van der Waals surface area contributed by atoms with Crippen LogP contribution in [0.5, 0.6) is 0 Å². The number of nitrogens with zero attached hydrogens (tertiary/aromatic N) is 4. The second kappa shape index (κ2) is 5.60. The fraction of sp³-hybridized carbons (Fsp3) is 0.692. The van der Waals surface area contributed by atoms with Crippen LogP contribution in [0.1, 0.15) is 32.1 Å². The van der Waals surface area contributed by atoms with E-state index in [1.165, 1.54) is 11.1 Å². The standard InChI is InChI=1S/C13H19N5O2/c19-12(17-6-2-1-3-7-17)9-18-8-11(15-16-18)14-13(20)10-4-5-10/h8,10H,1-7,9H2,(H,14,20). The molecule has 1 aromatic rings. The lowest BCUT2D eigenvalue weighted by molar-refractivity contribution is -0.132. The summed E-state index contributed by atoms with van der Waals surface area (Å²) in [5, 5.41) is 10.5. The number of carbonyl (C=O) groups excluding carboxylic acids is 2. The summed E-state index contributed by atoms with van der Waals surface area (Å²) >= 11 is 0. The van der Waals surface area contributed by atoms with E-state index >= 15 is 0 Å². The molecule has 2 heterocycles. The molecule has 20 heavy (non-hydrogen) atoms. The Kier molecular flexibility index (Phi) is 3.66. The van der Waals surface area contributed by atoms with E-state index in [1.807, 2.05) is 4.90 Å². The molecule has 7 heteroatoms. The molecule has 1 aliphatic heterocycles. The van der Waals surface area contributed by atoms with Crippen LogP contribution in [0.25, 0.3) is 0 Å². The molecule has 1 aromatic heterocycles. The van der Waals surface area contributed by atoms with Gasteiger partial charge in [0.05, 0.1) is 6.20 Å². The van der Waals surface area contributed by atoms with E-state index in [9.17, 15) is 9.59 Å². The number of aromatic nitrogens is 3. The smallest absolute Gasteiger partial charge is 0.244 e. The number of amides is 2. The summed E-state index contributed by atoms with van der Waals surface area (Å²) in [6, 6.07) is 0. The highest BCUT2D eigenvalue weighted by Crippen LogP contribution is 2.29. The zero-order valence-electron chi connectivity index (χ0n) is 11.4. The van der Waals surface area contributed by atoms with Crippen molar-refractivity contribution in [3.8, 4) is 0 Å². The number of likely N-dealkylation sites (tertiary alicyclic amines) is 1. The van der Waals surface area contributed by atoms with Gasteiger partial charge in [0.15, 0.2) is 5.82 Å². The van der Waals surface area contributed by atoms with E-state index in [2.05, 4.69) is 15.6 Å². The van der Waals surface area contributed by atoms with Crippen molar-refractivity contribution in [3.63, 3.8) is 0 Å². The van der Waals surface area contributed by atoms with Gasteiger partial charge in [-0.3, -0.25) is 9.59 Å². The van der Waals surface area contributed by atoms with E-state index in [0.29, 0.717) is 5.82 Å². The lowest BCUT2D eigenvalue weighted by Crippen LogP contribution is -2.37. The van der Waals surface area contributed by atoms with Crippen LogP contribution < -0.4 is 5.32 Å². The number of anilines is 1. The van der Waals surface area contributed by atoms with E-state index < -0.39 is 0 Å². The summed E-state index contributed by atoms with van der Waals surface area (Å²) in [5.74, 6) is 0.623. The quantitative estimate of drug-likeness (QED) is 0.875. The predicted octanol–water partition coefficient (Wildman–Crippen LogP) is 0.639. The predicted molar refractivity (Wildman–Crippen MR) is 71.8 cm³/mol. The Balaban J connectivity index is 1.53. The van der Waals surface area contributed by atoms with E-state index in [-0.39, 0.29) is 24.3 Å². The maximum absolute atomic E-state index is 12.1. The normalized spacial score (nSPS) is 18.9. The first kappa shape index (κ1) is 13.1. The monoisotopic (exact) mass is 277 g/mol. The molecule has 3 rings (SSSR count). The molecule has 0 bridgehead atoms. The van der Waals surface area contributed by atoms with Crippen molar-refractivity contribution in [1.82, 2.24) is 19.9 Å². The maximum Gasteiger partial charge on any atom is 0.244 e. The maximum atomic E-state index is 12.1. The minimum Gasteiger partial charge on any atom is -0.341 e. The van der Waals surface area contributed by atoms with Crippen LogP contribution in [0.15, 0.2) is 6.20 Å². The molecule has 1 aliphatic carbocycles. The highest BCUT2D eigenvalue weighted by Gasteiger charge is 2.30. The highest BCUT2D eigenvalue weighted by atomic mass is 16.2. The third-order valence-electron chi connectivity index (χ3n) is 3.74. The van der Waals surface area contributed by atoms with Crippen LogP contribution in [0.4, 0.5) is 5.82 Å². The molecule has 1 N–H and O–H groups in total. The zero-order chi connectivity index (χ0) is 13.9. The average Bonchev–Trinajstić information content (AvgIpc) is 3.23. The second-order valence-corrected chi connectivity index (χ2v) is 5.51. The fourth-order valence-electron chi connectivity index (χ4n) is 2.39. The Morgan fingerprint density at radius 2 is 2.00 bits per heavy atom. The first-order valence-electron chi connectivity index (χ1n) is 7.21. The average molecular weight is 277 g/mol. The van der Waals surface area contributed by atoms with Crippen molar-refractivity contribution in [1.29, 1.82) is 0 Å². The SMILES string of the molecule is O=C(Nc1cn(CC(=O)N2CCCCC2)nn1)C1CC1. The highest BCUT2D eigenvalue weighted by molar-refractivity contribution is 5.93. The molecule has 2 amide bonds. The van der Waals surface area contributed by atoms with Crippen molar-refractivity contribution >= 4 is 17.6 Å². The minimum absolute atomic E-state index is 0.000549. The number of hydrogen-bond donors (Lipinski definition) is 1. The van der Waals surface area contributed by atoms with Gasteiger partial charge in [-0.15, -0.1) is 5.10 Å². The van der Waals surface area contributed by atoms with Crippen molar-refractivity contribution in [3.05, 3.63) is 6.20 Å². The number of hydrogen-bond acceptors (Lipinski definition) is 4. The first-order valence-corrected chi connectivity index (χ1v) is 7.21. The molecule has 1 saturated heterocycles. The molecule has 2 aliphatic rings. The van der Waals surface area contributed by atoms with Gasteiger partial charge >= 0.3 is 0 Å². The third kappa shape index (κ3) is 3.15. The van der Waals surface area contributed by atoms with Gasteiger partial charge in [0.25, 0.3) is 0 Å². The summed E-state index contributed by atoms with van der Waals surface area (Å²) < 4.78 is 1.49. The van der Waals surface area contributed by atoms with E-state index in [4.69, 9.17) is 0 Å². The summed E-state index contributed by atoms with van der Waals surface area (Å²) in [7, 11) is 0. The van der Waals surface area contributed by atoms with Gasteiger partial charge in [0.1, 0.15) is 6.54 Å². The second-order valence-electron chi connectivity index (χ2n) is 5.51. The van der Waals surface area contributed by atoms with Crippen LogP contribution in [0.3, 0.4) is 0 Å². The molecule has 108 valence electrons. The summed E-state index contributed by atoms with van der Waals surface area (Å²) in [4.78, 5) is 25.5. The van der Waals surface area contributed by atoms with E-state index in [1.54, 1.807) is 6.20 Å². The molecule has 0 spiro atoms. The van der Waals surface area contributed by atoms with Crippen molar-refractivity contribution < 1.29 is 9.59 Å². The van der Waals surface area contributed by atoms with E-state index in [0.717, 1.165) is 38.8 Å². The molecule has 0 aromatic carbocycles. The summed E-state index contributed by atoms with van der Waals surface area (Å²) in [6.45, 7) is 1.85. The molecular weight excluding hydrogens is 258 g/mol. The molecule has 0 unspecified atom stereocenters. The Morgan fingerprint density at radius 1 is 1.25 bits per heavy atom. The van der Waals surface area contributed by atoms with Crippen LogP contribution in [-0.4, -0.2) is 44.8 Å². The van der Waals surface area contributed by atoms with Crippen LogP contribution in [-0.2, 0) is 16.1 Å². The largest absolute Gasteiger partial charge is 0.341 e. The van der Waals surface area contributed by atoms with Gasteiger partial charge in [0, 0.05) is 19.0 Å². The van der Waals surface area contributed by atoms with Crippen LogP contribution >= 0.6 is 0 Å². The molecule has 0 radical (unpaired) electrons. The zero-order valence-corrected chi connectivity index (χ0v) is 11.4. The third-order valence-corrected chi connectivity index (χ3v) is 3.74. The van der Waals surface area contributed by atoms with Crippen molar-refractivity contribution in [2.24, 2.45) is 5.92 Å². The Bertz CT molecular complexity index is 503. The molecule has 1 saturated carbocycles. The Morgan fingerprint density at radius 3 is 2.70 bits per heavy atom. The number of nitrogens with one attached hydrogen (secondary N) is 1. The fourth-order valence-corrected chi connectivity index (χ4v) is 2.39.